The summed E-state index contributed by atoms with van der Waals surface area (Å²) in [4.78, 5) is 18.5. The Labute approximate surface area is 146 Å². The molecule has 6 heteroatoms. The number of hydrogen-bond acceptors (Lipinski definition) is 4. The van der Waals surface area contributed by atoms with Crippen molar-refractivity contribution < 1.29 is 9.53 Å². The number of rotatable bonds is 1. The van der Waals surface area contributed by atoms with E-state index in [0.29, 0.717) is 24.8 Å². The van der Waals surface area contributed by atoms with E-state index in [1.807, 2.05) is 51.1 Å². The number of halogens is 1. The number of carbonyl (C=O) groups is 1. The van der Waals surface area contributed by atoms with Crippen molar-refractivity contribution in [1.82, 2.24) is 15.2 Å². The molecule has 1 amide bonds. The number of amides is 1. The van der Waals surface area contributed by atoms with E-state index in [4.69, 9.17) is 16.3 Å². The highest BCUT2D eigenvalue weighted by Crippen LogP contribution is 2.28. The Bertz CT molecular complexity index is 758. The average Bonchev–Trinajstić information content (AvgIpc) is 2.53. The molecule has 0 radical (unpaired) electrons. The highest BCUT2D eigenvalue weighted by Gasteiger charge is 2.29. The number of nitrogens with one attached hydrogen (secondary N) is 1. The van der Waals surface area contributed by atoms with Gasteiger partial charge in [0.1, 0.15) is 10.8 Å². The lowest BCUT2D eigenvalue weighted by Crippen LogP contribution is -2.49. The summed E-state index contributed by atoms with van der Waals surface area (Å²) in [5.74, 6) is 0. The van der Waals surface area contributed by atoms with Gasteiger partial charge in [0.25, 0.3) is 0 Å². The van der Waals surface area contributed by atoms with E-state index in [0.717, 1.165) is 16.5 Å². The van der Waals surface area contributed by atoms with Gasteiger partial charge in [-0.3, -0.25) is 0 Å². The quantitative estimate of drug-likeness (QED) is 0.798. The summed E-state index contributed by atoms with van der Waals surface area (Å²) in [6.07, 6.45) is -0.293. The van der Waals surface area contributed by atoms with Gasteiger partial charge in [-0.1, -0.05) is 29.8 Å². The van der Waals surface area contributed by atoms with Crippen molar-refractivity contribution in [3.05, 3.63) is 41.0 Å². The minimum Gasteiger partial charge on any atom is -0.444 e. The lowest BCUT2D eigenvalue weighted by molar-refractivity contribution is 0.0195. The molecular weight excluding hydrogens is 326 g/mol. The van der Waals surface area contributed by atoms with Crippen molar-refractivity contribution in [3.8, 4) is 0 Å². The first kappa shape index (κ1) is 17.0. The number of benzene rings is 1. The van der Waals surface area contributed by atoms with Crippen LogP contribution in [-0.2, 0) is 4.74 Å². The van der Waals surface area contributed by atoms with Crippen LogP contribution in [0.15, 0.2) is 30.3 Å². The van der Waals surface area contributed by atoms with E-state index in [-0.39, 0.29) is 12.1 Å². The maximum Gasteiger partial charge on any atom is 0.410 e. The van der Waals surface area contributed by atoms with Crippen LogP contribution in [0.2, 0.25) is 5.15 Å². The summed E-state index contributed by atoms with van der Waals surface area (Å²) in [5.41, 5.74) is 1.27. The summed E-state index contributed by atoms with van der Waals surface area (Å²) in [5, 5.41) is 4.92. The number of ether oxygens (including phenoxy) is 1. The van der Waals surface area contributed by atoms with Gasteiger partial charge in [0, 0.05) is 30.6 Å². The lowest BCUT2D eigenvalue weighted by Gasteiger charge is -2.35. The number of hydrogen-bond donors (Lipinski definition) is 1. The summed E-state index contributed by atoms with van der Waals surface area (Å²) >= 11 is 6.38. The summed E-state index contributed by atoms with van der Waals surface area (Å²) in [6, 6.07) is 9.84. The van der Waals surface area contributed by atoms with E-state index in [9.17, 15) is 4.79 Å². The van der Waals surface area contributed by atoms with Crippen LogP contribution in [0.4, 0.5) is 4.79 Å². The van der Waals surface area contributed by atoms with Crippen molar-refractivity contribution in [2.45, 2.75) is 32.4 Å². The number of para-hydroxylation sites is 1. The highest BCUT2D eigenvalue weighted by atomic mass is 35.5. The van der Waals surface area contributed by atoms with Gasteiger partial charge < -0.3 is 15.0 Å². The zero-order valence-electron chi connectivity index (χ0n) is 14.2. The van der Waals surface area contributed by atoms with E-state index in [1.54, 1.807) is 4.90 Å². The van der Waals surface area contributed by atoms with Gasteiger partial charge >= 0.3 is 6.09 Å². The van der Waals surface area contributed by atoms with Crippen LogP contribution in [0.25, 0.3) is 10.9 Å². The number of piperazine rings is 1. The summed E-state index contributed by atoms with van der Waals surface area (Å²) in [6.45, 7) is 7.42. The standard InChI is InChI=1S/C18H22ClN3O2/c1-18(2,3)24-17(23)22-9-8-20-15(11-22)13-10-12-6-4-5-7-14(12)21-16(13)19/h4-7,10,15,20H,8-9,11H2,1-3H3. The SMILES string of the molecule is CC(C)(C)OC(=O)N1CCNC(c2cc3ccccc3nc2Cl)C1. The zero-order valence-corrected chi connectivity index (χ0v) is 14.9. The summed E-state index contributed by atoms with van der Waals surface area (Å²) < 4.78 is 5.47. The predicted molar refractivity (Wildman–Crippen MR) is 95.3 cm³/mol. The molecule has 1 N–H and O–H groups in total. The molecule has 1 aliphatic rings. The molecule has 0 aliphatic carbocycles. The van der Waals surface area contributed by atoms with E-state index < -0.39 is 5.60 Å². The molecular formula is C18H22ClN3O2. The fourth-order valence-electron chi connectivity index (χ4n) is 2.80. The summed E-state index contributed by atoms with van der Waals surface area (Å²) in [7, 11) is 0. The van der Waals surface area contributed by atoms with Crippen LogP contribution in [0.5, 0.6) is 0 Å². The Hall–Kier alpha value is -1.85. The van der Waals surface area contributed by atoms with E-state index in [2.05, 4.69) is 10.3 Å². The smallest absolute Gasteiger partial charge is 0.410 e. The van der Waals surface area contributed by atoms with Crippen molar-refractivity contribution in [3.63, 3.8) is 0 Å². The molecule has 1 aromatic heterocycles. The number of nitrogens with zero attached hydrogens (tertiary/aromatic N) is 2. The molecule has 128 valence electrons. The van der Waals surface area contributed by atoms with Crippen LogP contribution in [0, 0.1) is 0 Å². The van der Waals surface area contributed by atoms with Gasteiger partial charge in [-0.25, -0.2) is 9.78 Å². The highest BCUT2D eigenvalue weighted by molar-refractivity contribution is 6.30. The molecule has 3 rings (SSSR count). The Morgan fingerprint density at radius 2 is 2.12 bits per heavy atom. The number of carbonyl (C=O) groups excluding carboxylic acids is 1. The minimum absolute atomic E-state index is 0.0594. The van der Waals surface area contributed by atoms with E-state index in [1.165, 1.54) is 0 Å². The maximum atomic E-state index is 12.3. The first-order valence-electron chi connectivity index (χ1n) is 8.10. The second-order valence-corrected chi connectivity index (χ2v) is 7.35. The fourth-order valence-corrected chi connectivity index (χ4v) is 3.08. The molecule has 1 aromatic carbocycles. The molecule has 1 fully saturated rings. The first-order chi connectivity index (χ1) is 11.3. The monoisotopic (exact) mass is 347 g/mol. The van der Waals surface area contributed by atoms with Crippen LogP contribution < -0.4 is 5.32 Å². The van der Waals surface area contributed by atoms with Crippen LogP contribution >= 0.6 is 11.6 Å². The van der Waals surface area contributed by atoms with Gasteiger partial charge in [0.2, 0.25) is 0 Å². The number of pyridine rings is 1. The Balaban J connectivity index is 1.82. The molecule has 0 bridgehead atoms. The second-order valence-electron chi connectivity index (χ2n) is 6.99. The number of aromatic nitrogens is 1. The molecule has 5 nitrogen and oxygen atoms in total. The molecule has 1 saturated heterocycles. The van der Waals surface area contributed by atoms with Gasteiger partial charge in [-0.05, 0) is 32.9 Å². The third-order valence-corrected chi connectivity index (χ3v) is 4.21. The van der Waals surface area contributed by atoms with Crippen molar-refractivity contribution in [2.24, 2.45) is 0 Å². The molecule has 0 spiro atoms. The lowest BCUT2D eigenvalue weighted by atomic mass is 10.0. The average molecular weight is 348 g/mol. The molecule has 24 heavy (non-hydrogen) atoms. The topological polar surface area (TPSA) is 54.5 Å². The minimum atomic E-state index is -0.500. The molecule has 0 saturated carbocycles. The third-order valence-electron chi connectivity index (χ3n) is 3.91. The first-order valence-corrected chi connectivity index (χ1v) is 8.48. The second kappa shape index (κ2) is 6.57. The van der Waals surface area contributed by atoms with Crippen molar-refractivity contribution >= 4 is 28.6 Å². The number of fused-ring (bicyclic) bond motifs is 1. The molecule has 1 atom stereocenters. The third kappa shape index (κ3) is 3.79. The Morgan fingerprint density at radius 3 is 2.88 bits per heavy atom. The normalized spacial score (nSPS) is 18.7. The van der Waals surface area contributed by atoms with Gasteiger partial charge in [-0.2, -0.15) is 0 Å². The maximum absolute atomic E-state index is 12.3. The fraction of sp³-hybridized carbons (Fsp3) is 0.444. The zero-order chi connectivity index (χ0) is 17.3. The van der Waals surface area contributed by atoms with Crippen molar-refractivity contribution in [1.29, 1.82) is 0 Å². The van der Waals surface area contributed by atoms with Gasteiger partial charge in [-0.15, -0.1) is 0 Å². The Morgan fingerprint density at radius 1 is 1.38 bits per heavy atom. The molecule has 1 aliphatic heterocycles. The van der Waals surface area contributed by atoms with E-state index >= 15 is 0 Å². The van der Waals surface area contributed by atoms with Gasteiger partial charge in [0.05, 0.1) is 11.6 Å². The molecule has 1 unspecified atom stereocenters. The molecule has 2 heterocycles. The molecule has 2 aromatic rings. The van der Waals surface area contributed by atoms with Crippen LogP contribution in [-0.4, -0.2) is 41.2 Å². The predicted octanol–water partition coefficient (Wildman–Crippen LogP) is 3.77. The van der Waals surface area contributed by atoms with Crippen LogP contribution in [0.1, 0.15) is 32.4 Å². The largest absolute Gasteiger partial charge is 0.444 e. The Kier molecular flexibility index (Phi) is 4.65. The van der Waals surface area contributed by atoms with Crippen LogP contribution in [0.3, 0.4) is 0 Å². The van der Waals surface area contributed by atoms with Crippen molar-refractivity contribution in [2.75, 3.05) is 19.6 Å². The van der Waals surface area contributed by atoms with Gasteiger partial charge in [0.15, 0.2) is 0 Å².